The molecule has 4 aromatic rings. The van der Waals surface area contributed by atoms with E-state index in [2.05, 4.69) is 16.5 Å². The van der Waals surface area contributed by atoms with Crippen LogP contribution in [0.5, 0.6) is 0 Å². The molecule has 5 heteroatoms. The molecule has 0 unspecified atom stereocenters. The maximum atomic E-state index is 13.0. The van der Waals surface area contributed by atoms with Gasteiger partial charge in [0.25, 0.3) is 0 Å². The summed E-state index contributed by atoms with van der Waals surface area (Å²) in [7, 11) is -3.59. The van der Waals surface area contributed by atoms with Crippen LogP contribution in [0.2, 0.25) is 0 Å². The zero-order valence-electron chi connectivity index (χ0n) is 14.1. The highest BCUT2D eigenvalue weighted by atomic mass is 32.2. The molecule has 0 aliphatic carbocycles. The molecule has 2 aromatic heterocycles. The van der Waals surface area contributed by atoms with E-state index in [0.717, 1.165) is 34.0 Å². The SMILES string of the molecule is CCn1c2ccccc2c2cc(S(=O)(=O)c3ccc(C)cc3)cnc21. The maximum absolute atomic E-state index is 13.0. The van der Waals surface area contributed by atoms with Gasteiger partial charge >= 0.3 is 0 Å². The largest absolute Gasteiger partial charge is 0.326 e. The highest BCUT2D eigenvalue weighted by Crippen LogP contribution is 2.30. The van der Waals surface area contributed by atoms with Crippen LogP contribution >= 0.6 is 0 Å². The Hall–Kier alpha value is -2.66. The van der Waals surface area contributed by atoms with Crippen molar-refractivity contribution < 1.29 is 8.42 Å². The van der Waals surface area contributed by atoms with Crippen molar-refractivity contribution in [3.05, 3.63) is 66.4 Å². The van der Waals surface area contributed by atoms with Crippen molar-refractivity contribution in [3.63, 3.8) is 0 Å². The second-order valence-corrected chi connectivity index (χ2v) is 8.07. The van der Waals surface area contributed by atoms with Crippen LogP contribution in [0.4, 0.5) is 0 Å². The number of hydrogen-bond donors (Lipinski definition) is 0. The second kappa shape index (κ2) is 5.70. The first-order valence-electron chi connectivity index (χ1n) is 8.21. The summed E-state index contributed by atoms with van der Waals surface area (Å²) in [5.41, 5.74) is 2.91. The lowest BCUT2D eigenvalue weighted by Gasteiger charge is -2.06. The van der Waals surface area contributed by atoms with Gasteiger partial charge in [-0.05, 0) is 38.1 Å². The maximum Gasteiger partial charge on any atom is 0.208 e. The Morgan fingerprint density at radius 2 is 1.68 bits per heavy atom. The lowest BCUT2D eigenvalue weighted by Crippen LogP contribution is -2.03. The van der Waals surface area contributed by atoms with Crippen molar-refractivity contribution in [2.75, 3.05) is 0 Å². The lowest BCUT2D eigenvalue weighted by atomic mass is 10.2. The summed E-state index contributed by atoms with van der Waals surface area (Å²) in [6.07, 6.45) is 1.46. The smallest absolute Gasteiger partial charge is 0.208 e. The fourth-order valence-corrected chi connectivity index (χ4v) is 4.45. The normalized spacial score (nSPS) is 12.1. The van der Waals surface area contributed by atoms with Crippen molar-refractivity contribution in [2.24, 2.45) is 0 Å². The van der Waals surface area contributed by atoms with Crippen LogP contribution in [0, 0.1) is 6.92 Å². The van der Waals surface area contributed by atoms with E-state index in [9.17, 15) is 8.42 Å². The molecular formula is C20H18N2O2S. The Morgan fingerprint density at radius 3 is 2.40 bits per heavy atom. The summed E-state index contributed by atoms with van der Waals surface area (Å²) in [6, 6.07) is 16.6. The fraction of sp³-hybridized carbons (Fsp3) is 0.150. The summed E-state index contributed by atoms with van der Waals surface area (Å²) in [5, 5.41) is 1.89. The van der Waals surface area contributed by atoms with Gasteiger partial charge in [-0.1, -0.05) is 35.9 Å². The number of fused-ring (bicyclic) bond motifs is 3. The van der Waals surface area contributed by atoms with Gasteiger partial charge in [-0.2, -0.15) is 0 Å². The van der Waals surface area contributed by atoms with Crippen LogP contribution in [-0.4, -0.2) is 18.0 Å². The molecule has 4 nitrogen and oxygen atoms in total. The third-order valence-corrected chi connectivity index (χ3v) is 6.28. The van der Waals surface area contributed by atoms with Crippen molar-refractivity contribution in [1.82, 2.24) is 9.55 Å². The van der Waals surface area contributed by atoms with Gasteiger partial charge in [0, 0.05) is 23.5 Å². The Kier molecular flexibility index (Phi) is 3.62. The van der Waals surface area contributed by atoms with Gasteiger partial charge in [-0.25, -0.2) is 13.4 Å². The van der Waals surface area contributed by atoms with E-state index in [4.69, 9.17) is 0 Å². The highest BCUT2D eigenvalue weighted by Gasteiger charge is 2.20. The average Bonchev–Trinajstić information content (AvgIpc) is 2.95. The molecular weight excluding hydrogens is 332 g/mol. The Bertz CT molecular complexity index is 1190. The molecule has 0 fully saturated rings. The number of aromatic nitrogens is 2. The van der Waals surface area contributed by atoms with Crippen LogP contribution in [-0.2, 0) is 16.4 Å². The van der Waals surface area contributed by atoms with E-state index < -0.39 is 9.84 Å². The van der Waals surface area contributed by atoms with Crippen LogP contribution in [0.3, 0.4) is 0 Å². The van der Waals surface area contributed by atoms with Gasteiger partial charge in [0.1, 0.15) is 5.65 Å². The van der Waals surface area contributed by atoms with Crippen LogP contribution in [0.1, 0.15) is 12.5 Å². The average molecular weight is 350 g/mol. The van der Waals surface area contributed by atoms with E-state index in [1.807, 2.05) is 43.3 Å². The number of hydrogen-bond acceptors (Lipinski definition) is 3. The molecule has 4 rings (SSSR count). The first-order valence-corrected chi connectivity index (χ1v) is 9.69. The fourth-order valence-electron chi connectivity index (χ4n) is 3.22. The third-order valence-electron chi connectivity index (χ3n) is 4.54. The van der Waals surface area contributed by atoms with Crippen LogP contribution in [0.25, 0.3) is 21.9 Å². The van der Waals surface area contributed by atoms with Gasteiger partial charge in [-0.15, -0.1) is 0 Å². The molecule has 0 saturated carbocycles. The molecule has 126 valence electrons. The number of rotatable bonds is 3. The minimum Gasteiger partial charge on any atom is -0.326 e. The van der Waals surface area contributed by atoms with Crippen molar-refractivity contribution in [2.45, 2.75) is 30.2 Å². The molecule has 2 aromatic carbocycles. The zero-order chi connectivity index (χ0) is 17.6. The summed E-state index contributed by atoms with van der Waals surface area (Å²) in [5.74, 6) is 0. The number of benzene rings is 2. The van der Waals surface area contributed by atoms with Crippen LogP contribution in [0.15, 0.2) is 70.6 Å². The summed E-state index contributed by atoms with van der Waals surface area (Å²) < 4.78 is 28.0. The molecule has 0 aliphatic heterocycles. The van der Waals surface area contributed by atoms with Gasteiger partial charge in [0.2, 0.25) is 9.84 Å². The third kappa shape index (κ3) is 2.43. The Morgan fingerprint density at radius 1 is 0.960 bits per heavy atom. The predicted octanol–water partition coefficient (Wildman–Crippen LogP) is 4.35. The standard InChI is InChI=1S/C20H18N2O2S/c1-3-22-19-7-5-4-6-17(19)18-12-16(13-21-20(18)22)25(23,24)15-10-8-14(2)9-11-15/h4-13H,3H2,1-2H3. The monoisotopic (exact) mass is 350 g/mol. The summed E-state index contributed by atoms with van der Waals surface area (Å²) in [4.78, 5) is 5.00. The molecule has 0 N–H and O–H groups in total. The minimum atomic E-state index is -3.59. The molecule has 0 atom stereocenters. The number of pyridine rings is 1. The molecule has 0 radical (unpaired) electrons. The van der Waals surface area contributed by atoms with Gasteiger partial charge in [0.05, 0.1) is 15.3 Å². The van der Waals surface area contributed by atoms with Crippen molar-refractivity contribution >= 4 is 31.8 Å². The summed E-state index contributed by atoms with van der Waals surface area (Å²) >= 11 is 0. The van der Waals surface area contributed by atoms with Crippen LogP contribution < -0.4 is 0 Å². The molecule has 0 amide bonds. The van der Waals surface area contributed by atoms with E-state index in [1.54, 1.807) is 18.2 Å². The lowest BCUT2D eigenvalue weighted by molar-refractivity contribution is 0.596. The van der Waals surface area contributed by atoms with Gasteiger partial charge in [0.15, 0.2) is 0 Å². The van der Waals surface area contributed by atoms with E-state index in [-0.39, 0.29) is 4.90 Å². The van der Waals surface area contributed by atoms with Gasteiger partial charge < -0.3 is 4.57 Å². The number of aryl methyl sites for hydroxylation is 2. The van der Waals surface area contributed by atoms with E-state index in [0.29, 0.717) is 4.90 Å². The highest BCUT2D eigenvalue weighted by molar-refractivity contribution is 7.91. The Labute approximate surface area is 146 Å². The molecule has 0 aliphatic rings. The van der Waals surface area contributed by atoms with E-state index >= 15 is 0 Å². The Balaban J connectivity index is 1.98. The molecule has 2 heterocycles. The molecule has 0 saturated heterocycles. The summed E-state index contributed by atoms with van der Waals surface area (Å²) in [6.45, 7) is 4.77. The first-order chi connectivity index (χ1) is 12.0. The number of nitrogens with zero attached hydrogens (tertiary/aromatic N) is 2. The number of sulfone groups is 1. The molecule has 0 bridgehead atoms. The van der Waals surface area contributed by atoms with Crippen molar-refractivity contribution in [1.29, 1.82) is 0 Å². The minimum absolute atomic E-state index is 0.225. The second-order valence-electron chi connectivity index (χ2n) is 6.12. The first kappa shape index (κ1) is 15.8. The number of para-hydroxylation sites is 1. The van der Waals surface area contributed by atoms with E-state index in [1.165, 1.54) is 6.20 Å². The quantitative estimate of drug-likeness (QED) is 0.552. The zero-order valence-corrected chi connectivity index (χ0v) is 14.9. The molecule has 25 heavy (non-hydrogen) atoms. The topological polar surface area (TPSA) is 52.0 Å². The molecule has 0 spiro atoms. The van der Waals surface area contributed by atoms with Crippen molar-refractivity contribution in [3.8, 4) is 0 Å². The van der Waals surface area contributed by atoms with Gasteiger partial charge in [-0.3, -0.25) is 0 Å². The predicted molar refractivity (Wildman–Crippen MR) is 99.5 cm³/mol.